The maximum absolute atomic E-state index is 10.9. The van der Waals surface area contributed by atoms with E-state index in [1.54, 1.807) is 0 Å². The van der Waals surface area contributed by atoms with Gasteiger partial charge >= 0.3 is 39.0 Å². The average Bonchev–Trinajstić information content (AvgIpc) is 2.35. The topological polar surface area (TPSA) is 26.3 Å². The van der Waals surface area contributed by atoms with Gasteiger partial charge in [-0.25, -0.2) is 4.79 Å². The minimum atomic E-state index is -10.7. The second kappa shape index (κ2) is 7.11. The van der Waals surface area contributed by atoms with E-state index in [-0.39, 0.29) is 5.97 Å². The van der Waals surface area contributed by atoms with Crippen LogP contribution in [0.4, 0.5) is 25.2 Å². The molecule has 140 valence electrons. The Morgan fingerprint density at radius 2 is 1.54 bits per heavy atom. The van der Waals surface area contributed by atoms with E-state index < -0.39 is 7.81 Å². The van der Waals surface area contributed by atoms with Gasteiger partial charge in [-0.2, -0.15) is 0 Å². The molecule has 0 saturated carbocycles. The molecule has 0 amide bonds. The monoisotopic (exact) mass is 379 g/mol. The first kappa shape index (κ1) is 22.4. The Bertz CT molecular complexity index is 558. The fraction of sp³-hybridized carbons (Fsp3) is 0.357. The number of halogens is 6. The molecule has 0 fully saturated rings. The summed E-state index contributed by atoms with van der Waals surface area (Å²) in [6.45, 7) is 1.73. The molecule has 0 aliphatic rings. The van der Waals surface area contributed by atoms with Crippen LogP contribution in [0.1, 0.15) is 5.56 Å². The molecule has 0 aliphatic heterocycles. The van der Waals surface area contributed by atoms with Crippen molar-refractivity contribution in [3.63, 3.8) is 0 Å². The molecule has 24 heavy (non-hydrogen) atoms. The summed E-state index contributed by atoms with van der Waals surface area (Å²) in [5, 5.41) is 0. The molecule has 3 nitrogen and oxygen atoms in total. The minimum absolute atomic E-state index is 0.301. The van der Waals surface area contributed by atoms with Crippen LogP contribution in [-0.4, -0.2) is 38.2 Å². The molecule has 0 saturated heterocycles. The van der Waals surface area contributed by atoms with E-state index in [9.17, 15) is 30.0 Å². The van der Waals surface area contributed by atoms with E-state index in [0.717, 1.165) is 17.6 Å². The van der Waals surface area contributed by atoms with Crippen LogP contribution < -0.4 is 0 Å². The number of carbonyl (C=O) groups excluding carboxylic acids is 1. The van der Waals surface area contributed by atoms with E-state index in [4.69, 9.17) is 0 Å². The van der Waals surface area contributed by atoms with Crippen LogP contribution in [0.3, 0.4) is 0 Å². The first-order valence-electron chi connectivity index (χ1n) is 6.65. The number of carbonyl (C=O) groups is 1. The first-order chi connectivity index (χ1) is 10.5. The van der Waals surface area contributed by atoms with Crippen molar-refractivity contribution in [1.29, 1.82) is 0 Å². The molecule has 0 bridgehead atoms. The van der Waals surface area contributed by atoms with Gasteiger partial charge in [-0.15, -0.1) is 0 Å². The summed E-state index contributed by atoms with van der Waals surface area (Å²) in [5.74, 6) is -0.301. The fourth-order valence-electron chi connectivity index (χ4n) is 1.64. The fourth-order valence-corrected chi connectivity index (χ4v) is 1.64. The average molecular weight is 379 g/mol. The van der Waals surface area contributed by atoms with Crippen LogP contribution in [0.25, 0.3) is 0 Å². The van der Waals surface area contributed by atoms with Crippen LogP contribution in [0.5, 0.6) is 0 Å². The third-order valence-corrected chi connectivity index (χ3v) is 2.51. The first-order valence-corrected chi connectivity index (χ1v) is 8.68. The van der Waals surface area contributed by atoms with Crippen molar-refractivity contribution in [3.05, 3.63) is 48.0 Å². The summed E-state index contributed by atoms with van der Waals surface area (Å²) in [7, 11) is -5.00. The zero-order chi connectivity index (χ0) is 19.1. The SMILES string of the molecule is COC(=O)/C=C/C[N+](C)(C)Cc1ccccc1.F[P-](F)(F)(F)(F)F. The number of quaternary nitrogens is 1. The van der Waals surface area contributed by atoms with Gasteiger partial charge in [-0.05, 0) is 6.08 Å². The molecule has 0 N–H and O–H groups in total. The van der Waals surface area contributed by atoms with E-state index in [2.05, 4.69) is 31.0 Å². The normalized spacial score (nSPS) is 15.0. The van der Waals surface area contributed by atoms with E-state index in [0.29, 0.717) is 0 Å². The molecular weight excluding hydrogens is 359 g/mol. The molecule has 0 heterocycles. The molecule has 1 rings (SSSR count). The molecule has 1 aromatic carbocycles. The third kappa shape index (κ3) is 18.4. The van der Waals surface area contributed by atoms with Crippen LogP contribution in [0.2, 0.25) is 0 Å². The van der Waals surface area contributed by atoms with Gasteiger partial charge in [0.1, 0.15) is 6.54 Å². The van der Waals surface area contributed by atoms with Gasteiger partial charge in [0.05, 0.1) is 27.7 Å². The number of ether oxygens (including phenoxy) is 1. The summed E-state index contributed by atoms with van der Waals surface area (Å²) >= 11 is 0. The Balaban J connectivity index is 0.000000640. The van der Waals surface area contributed by atoms with E-state index in [1.165, 1.54) is 18.7 Å². The van der Waals surface area contributed by atoms with Crippen molar-refractivity contribution in [2.75, 3.05) is 27.7 Å². The predicted molar refractivity (Wildman–Crippen MR) is 81.8 cm³/mol. The van der Waals surface area contributed by atoms with Gasteiger partial charge in [0.15, 0.2) is 0 Å². The summed E-state index contributed by atoms with van der Waals surface area (Å²) < 4.78 is 64.5. The van der Waals surface area contributed by atoms with Crippen LogP contribution >= 0.6 is 7.81 Å². The number of nitrogens with zero attached hydrogens (tertiary/aromatic N) is 1. The van der Waals surface area contributed by atoms with E-state index >= 15 is 0 Å². The van der Waals surface area contributed by atoms with Gasteiger partial charge in [-0.3, -0.25) is 0 Å². The van der Waals surface area contributed by atoms with E-state index in [1.807, 2.05) is 24.3 Å². The maximum atomic E-state index is 10.9. The van der Waals surface area contributed by atoms with Crippen LogP contribution in [0.15, 0.2) is 42.5 Å². The Morgan fingerprint density at radius 1 is 1.08 bits per heavy atom. The molecule has 0 spiro atoms. The Morgan fingerprint density at radius 3 is 1.96 bits per heavy atom. The van der Waals surface area contributed by atoms with Crippen molar-refractivity contribution < 1.29 is 39.2 Å². The number of methoxy groups -OCH3 is 1. The van der Waals surface area contributed by atoms with Gasteiger partial charge in [0.25, 0.3) is 0 Å². The zero-order valence-corrected chi connectivity index (χ0v) is 14.3. The molecule has 0 aliphatic carbocycles. The molecule has 0 aromatic heterocycles. The number of rotatable bonds is 5. The number of hydrogen-bond donors (Lipinski definition) is 0. The van der Waals surface area contributed by atoms with Gasteiger partial charge in [0, 0.05) is 11.6 Å². The number of esters is 1. The summed E-state index contributed by atoms with van der Waals surface area (Å²) in [5.41, 5.74) is 1.30. The number of benzene rings is 1. The molecular formula is C14H20F6NO2P. The predicted octanol–water partition coefficient (Wildman–Crippen LogP) is 5.37. The Kier molecular flexibility index (Phi) is 6.63. The van der Waals surface area contributed by atoms with Crippen molar-refractivity contribution in [3.8, 4) is 0 Å². The number of hydrogen-bond acceptors (Lipinski definition) is 2. The summed E-state index contributed by atoms with van der Waals surface area (Å²) in [6.07, 6.45) is 3.33. The number of likely N-dealkylation sites (N-methyl/N-ethyl adjacent to an activating group) is 1. The zero-order valence-electron chi connectivity index (χ0n) is 13.4. The van der Waals surface area contributed by atoms with Crippen molar-refractivity contribution in [2.24, 2.45) is 0 Å². The molecule has 0 radical (unpaired) electrons. The quantitative estimate of drug-likeness (QED) is 0.226. The second-order valence-corrected chi connectivity index (χ2v) is 7.56. The van der Waals surface area contributed by atoms with Gasteiger partial charge < -0.3 is 9.22 Å². The molecule has 0 unspecified atom stereocenters. The van der Waals surface area contributed by atoms with Crippen molar-refractivity contribution >= 4 is 13.8 Å². The molecule has 1 aromatic rings. The summed E-state index contributed by atoms with van der Waals surface area (Å²) in [4.78, 5) is 10.9. The molecule has 0 atom stereocenters. The molecule has 10 heteroatoms. The standard InChI is InChI=1S/C14H20NO2.F6P/c1-15(2,11-7-10-14(16)17-3)12-13-8-5-4-6-9-13;1-7(2,3,4,5)6/h4-10H,11-12H2,1-3H3;/q+1;-1/b10-7+;. The van der Waals surface area contributed by atoms with Gasteiger partial charge in [-0.1, -0.05) is 30.3 Å². The van der Waals surface area contributed by atoms with Crippen molar-refractivity contribution in [2.45, 2.75) is 6.54 Å². The van der Waals surface area contributed by atoms with Crippen molar-refractivity contribution in [1.82, 2.24) is 0 Å². The van der Waals surface area contributed by atoms with Gasteiger partial charge in [0.2, 0.25) is 0 Å². The third-order valence-electron chi connectivity index (χ3n) is 2.51. The Labute approximate surface area is 136 Å². The second-order valence-electron chi connectivity index (χ2n) is 5.65. The summed E-state index contributed by atoms with van der Waals surface area (Å²) in [6, 6.07) is 10.3. The Hall–Kier alpha value is -1.60. The van der Waals surface area contributed by atoms with Crippen LogP contribution in [0, 0.1) is 0 Å². The van der Waals surface area contributed by atoms with Crippen LogP contribution in [-0.2, 0) is 16.1 Å².